The molecule has 1 aromatic heterocycles. The summed E-state index contributed by atoms with van der Waals surface area (Å²) in [6, 6.07) is 29.6. The van der Waals surface area contributed by atoms with Gasteiger partial charge in [0.15, 0.2) is 29.0 Å². The predicted octanol–water partition coefficient (Wildman–Crippen LogP) is 7.31. The zero-order chi connectivity index (χ0) is 29.0. The van der Waals surface area contributed by atoms with Crippen molar-refractivity contribution in [2.24, 2.45) is 9.98 Å². The summed E-state index contributed by atoms with van der Waals surface area (Å²) < 4.78 is 7.44. The van der Waals surface area contributed by atoms with Crippen LogP contribution in [-0.4, -0.2) is 33.7 Å². The number of nitrogens with one attached hydrogen (secondary N) is 1. The zero-order valence-corrected chi connectivity index (χ0v) is 23.8. The van der Waals surface area contributed by atoms with Crippen molar-refractivity contribution in [2.75, 3.05) is 17.3 Å². The normalized spacial score (nSPS) is 15.2. The number of rotatable bonds is 4. The van der Waals surface area contributed by atoms with Crippen LogP contribution in [0.4, 0.5) is 22.9 Å². The van der Waals surface area contributed by atoms with Gasteiger partial charge in [0.25, 0.3) is 0 Å². The number of fused-ring (bicyclic) bond motifs is 4. The Hall–Kier alpha value is -5.37. The average molecular weight is 555 g/mol. The minimum Gasteiger partial charge on any atom is -0.504 e. The summed E-state index contributed by atoms with van der Waals surface area (Å²) in [5.74, 6) is 2.54. The van der Waals surface area contributed by atoms with Crippen LogP contribution in [0, 0.1) is 20.8 Å². The number of benzene rings is 4. The van der Waals surface area contributed by atoms with E-state index < -0.39 is 0 Å². The number of anilines is 2. The highest BCUT2D eigenvalue weighted by Gasteiger charge is 2.41. The van der Waals surface area contributed by atoms with Gasteiger partial charge in [-0.05, 0) is 79.9 Å². The van der Waals surface area contributed by atoms with E-state index >= 15 is 0 Å². The van der Waals surface area contributed by atoms with Gasteiger partial charge in [-0.3, -0.25) is 0 Å². The Morgan fingerprint density at radius 1 is 0.857 bits per heavy atom. The summed E-state index contributed by atoms with van der Waals surface area (Å²) in [4.78, 5) is 12.6. The molecule has 5 aromatic rings. The second kappa shape index (κ2) is 9.92. The first-order valence-electron chi connectivity index (χ1n) is 13.8. The summed E-state index contributed by atoms with van der Waals surface area (Å²) in [5, 5.41) is 19.1. The number of ether oxygens (including phenoxy) is 1. The van der Waals surface area contributed by atoms with Gasteiger partial charge in [-0.25, -0.2) is 14.7 Å². The van der Waals surface area contributed by atoms with Crippen molar-refractivity contribution in [3.8, 4) is 17.2 Å². The van der Waals surface area contributed by atoms with Crippen molar-refractivity contribution < 1.29 is 9.84 Å². The number of hydrogen-bond acceptors (Lipinski definition) is 7. The summed E-state index contributed by atoms with van der Waals surface area (Å²) in [6.07, 6.45) is 0. The Kier molecular flexibility index (Phi) is 6.04. The Morgan fingerprint density at radius 3 is 2.45 bits per heavy atom. The first-order chi connectivity index (χ1) is 20.4. The number of aromatic hydroxyl groups is 1. The molecule has 2 aliphatic heterocycles. The van der Waals surface area contributed by atoms with Crippen LogP contribution >= 0.6 is 0 Å². The van der Waals surface area contributed by atoms with Gasteiger partial charge in [0.2, 0.25) is 0 Å². The van der Waals surface area contributed by atoms with Crippen LogP contribution in [-0.2, 0) is 0 Å². The number of phenolic OH excluding ortho intramolecular Hbond substituents is 1. The molecule has 2 N–H and O–H groups in total. The zero-order valence-electron chi connectivity index (χ0n) is 23.8. The van der Waals surface area contributed by atoms with Gasteiger partial charge in [0, 0.05) is 11.3 Å². The van der Waals surface area contributed by atoms with Gasteiger partial charge in [-0.1, -0.05) is 48.5 Å². The summed E-state index contributed by atoms with van der Waals surface area (Å²) in [6.45, 7) is 6.17. The third kappa shape index (κ3) is 4.11. The van der Waals surface area contributed by atoms with Gasteiger partial charge < -0.3 is 20.1 Å². The van der Waals surface area contributed by atoms with Crippen LogP contribution in [0.5, 0.6) is 11.5 Å². The monoisotopic (exact) mass is 554 g/mol. The molecule has 8 nitrogen and oxygen atoms in total. The quantitative estimate of drug-likeness (QED) is 0.243. The third-order valence-corrected chi connectivity index (χ3v) is 7.80. The van der Waals surface area contributed by atoms with Gasteiger partial charge in [0.05, 0.1) is 35.9 Å². The third-order valence-electron chi connectivity index (χ3n) is 7.80. The molecule has 0 bridgehead atoms. The molecular weight excluding hydrogens is 524 g/mol. The van der Waals surface area contributed by atoms with E-state index in [9.17, 15) is 5.11 Å². The van der Waals surface area contributed by atoms with Crippen molar-refractivity contribution in [1.29, 1.82) is 0 Å². The molecule has 2 aliphatic rings. The number of hydrogen-bond donors (Lipinski definition) is 2. The number of methoxy groups -OCH3 is 1. The fourth-order valence-corrected chi connectivity index (χ4v) is 5.72. The average Bonchev–Trinajstić information content (AvgIpc) is 3.34. The standard InChI is InChI=1S/C34H30N6O2/c1-20-14-15-21(2)26(18-20)36-32-34-37-33-30(22(3)38-40(33)24-10-6-5-7-11-24)31(23-16-17-28(41)29(19-23)42-4)39(34)27-13-9-8-12-25(27)35-32/h5-19,31,41H,1-4H3,(H,35,36)/t31-/m0/s1. The Bertz CT molecular complexity index is 1910. The van der Waals surface area contributed by atoms with Crippen LogP contribution in [0.25, 0.3) is 5.69 Å². The summed E-state index contributed by atoms with van der Waals surface area (Å²) >= 11 is 0. The smallest absolute Gasteiger partial charge is 0.179 e. The number of aromatic nitrogens is 2. The Balaban J connectivity index is 1.51. The van der Waals surface area contributed by atoms with Crippen molar-refractivity contribution in [3.63, 3.8) is 0 Å². The van der Waals surface area contributed by atoms with Crippen molar-refractivity contribution in [1.82, 2.24) is 9.78 Å². The highest BCUT2D eigenvalue weighted by Crippen LogP contribution is 2.49. The fraction of sp³-hybridized carbons (Fsp3) is 0.147. The second-order valence-electron chi connectivity index (χ2n) is 10.6. The molecular formula is C34H30N6O2. The lowest BCUT2D eigenvalue weighted by atomic mass is 9.93. The van der Waals surface area contributed by atoms with E-state index in [-0.39, 0.29) is 11.8 Å². The minimum atomic E-state index is -0.327. The molecule has 0 fully saturated rings. The molecule has 0 radical (unpaired) electrons. The largest absolute Gasteiger partial charge is 0.504 e. The van der Waals surface area contributed by atoms with E-state index in [1.54, 1.807) is 13.2 Å². The molecule has 208 valence electrons. The lowest BCUT2D eigenvalue weighted by molar-refractivity contribution is 0.372. The molecule has 4 aromatic carbocycles. The van der Waals surface area contributed by atoms with Gasteiger partial charge >= 0.3 is 0 Å². The second-order valence-corrected chi connectivity index (χ2v) is 10.6. The highest BCUT2D eigenvalue weighted by molar-refractivity contribution is 6.51. The van der Waals surface area contributed by atoms with Crippen LogP contribution in [0.15, 0.2) is 101 Å². The van der Waals surface area contributed by atoms with E-state index in [4.69, 9.17) is 19.8 Å². The van der Waals surface area contributed by atoms with E-state index in [1.807, 2.05) is 72.3 Å². The Labute approximate surface area is 244 Å². The van der Waals surface area contributed by atoms with Gasteiger partial charge in [0.1, 0.15) is 0 Å². The van der Waals surface area contributed by atoms with Crippen molar-refractivity contribution in [2.45, 2.75) is 26.8 Å². The number of aryl methyl sites for hydroxylation is 3. The maximum Gasteiger partial charge on any atom is 0.179 e. The first-order valence-corrected chi connectivity index (χ1v) is 13.8. The summed E-state index contributed by atoms with van der Waals surface area (Å²) in [7, 11) is 1.56. The van der Waals surface area contributed by atoms with Gasteiger partial charge in [-0.15, -0.1) is 0 Å². The minimum absolute atomic E-state index is 0.0840. The van der Waals surface area contributed by atoms with Crippen LogP contribution in [0.2, 0.25) is 0 Å². The topological polar surface area (TPSA) is 87.3 Å². The molecule has 42 heavy (non-hydrogen) atoms. The molecule has 0 spiro atoms. The first kappa shape index (κ1) is 25.6. The molecule has 0 saturated heterocycles. The molecule has 8 heteroatoms. The lowest BCUT2D eigenvalue weighted by Gasteiger charge is -2.40. The van der Waals surface area contributed by atoms with E-state index in [2.05, 4.69) is 48.3 Å². The maximum absolute atomic E-state index is 10.5. The SMILES string of the molecule is COc1cc([C@H]2c3c(C)nn(-c4ccccc4)c3N=C3C(Nc4cc(C)ccc4C)=Nc4ccccc4N32)ccc1O. The molecule has 0 amide bonds. The molecule has 7 rings (SSSR count). The van der Waals surface area contributed by atoms with E-state index in [0.29, 0.717) is 17.4 Å². The van der Waals surface area contributed by atoms with Crippen LogP contribution in [0.3, 0.4) is 0 Å². The Morgan fingerprint density at radius 2 is 1.64 bits per heavy atom. The van der Waals surface area contributed by atoms with E-state index in [0.717, 1.165) is 56.5 Å². The van der Waals surface area contributed by atoms with Crippen molar-refractivity contribution in [3.05, 3.63) is 119 Å². The number of para-hydroxylation sites is 3. The number of amidine groups is 2. The fourth-order valence-electron chi connectivity index (χ4n) is 5.72. The van der Waals surface area contributed by atoms with Crippen molar-refractivity contribution >= 4 is 34.6 Å². The predicted molar refractivity (Wildman–Crippen MR) is 167 cm³/mol. The number of phenols is 1. The molecule has 0 aliphatic carbocycles. The molecule has 0 saturated carbocycles. The highest BCUT2D eigenvalue weighted by atomic mass is 16.5. The molecule has 0 unspecified atom stereocenters. The summed E-state index contributed by atoms with van der Waals surface area (Å²) in [5.41, 5.74) is 8.66. The molecule has 1 atom stereocenters. The van der Waals surface area contributed by atoms with Gasteiger partial charge in [-0.2, -0.15) is 5.10 Å². The van der Waals surface area contributed by atoms with E-state index in [1.165, 1.54) is 0 Å². The lowest BCUT2D eigenvalue weighted by Crippen LogP contribution is -2.46. The number of nitrogens with zero attached hydrogens (tertiary/aromatic N) is 5. The molecule has 3 heterocycles. The maximum atomic E-state index is 10.5. The van der Waals surface area contributed by atoms with Crippen LogP contribution in [0.1, 0.15) is 34.0 Å². The number of aliphatic imine (C=N–C) groups is 2. The van der Waals surface area contributed by atoms with Crippen LogP contribution < -0.4 is 15.0 Å².